The van der Waals surface area contributed by atoms with Crippen molar-refractivity contribution in [1.29, 1.82) is 0 Å². The van der Waals surface area contributed by atoms with Crippen molar-refractivity contribution in [3.05, 3.63) is 0 Å². The Bertz CT molecular complexity index is 617. The number of hydrogen-bond acceptors (Lipinski definition) is 2. The Kier molecular flexibility index (Phi) is 32.4. The summed E-state index contributed by atoms with van der Waals surface area (Å²) in [6.07, 6.45) is 39.2. The summed E-state index contributed by atoms with van der Waals surface area (Å²) in [6.45, 7) is 8.98. The average molecular weight is 679 g/mol. The molecule has 0 aliphatic rings. The van der Waals surface area contributed by atoms with Gasteiger partial charge < -0.3 is 10.2 Å². The molecule has 0 heterocycles. The van der Waals surface area contributed by atoms with E-state index >= 15 is 0 Å². The molecule has 286 valence electrons. The van der Waals surface area contributed by atoms with Gasteiger partial charge >= 0.3 is 11.9 Å². The summed E-state index contributed by atoms with van der Waals surface area (Å²) in [5.41, 5.74) is -2.35. The highest BCUT2D eigenvalue weighted by Gasteiger charge is 2.59. The largest absolute Gasteiger partial charge is 0.481 e. The zero-order valence-corrected chi connectivity index (χ0v) is 33.2. The Morgan fingerprint density at radius 2 is 0.438 bits per heavy atom. The Morgan fingerprint density at radius 1 is 0.292 bits per heavy atom. The quantitative estimate of drug-likeness (QED) is 0.0635. The van der Waals surface area contributed by atoms with Gasteiger partial charge in [0.2, 0.25) is 0 Å². The molecule has 2 N–H and O–H groups in total. The van der Waals surface area contributed by atoms with Gasteiger partial charge in [-0.05, 0) is 25.7 Å². The molecule has 0 amide bonds. The van der Waals surface area contributed by atoms with E-state index in [0.717, 1.165) is 77.0 Å². The van der Waals surface area contributed by atoms with Crippen molar-refractivity contribution in [2.45, 2.75) is 259 Å². The fraction of sp³-hybridized carbons (Fsp3) is 0.955. The molecular formula is C44H86O4. The molecule has 4 heteroatoms. The van der Waals surface area contributed by atoms with Crippen molar-refractivity contribution in [2.24, 2.45) is 10.8 Å². The number of carboxylic acids is 2. The second kappa shape index (κ2) is 33.1. The molecule has 0 fully saturated rings. The van der Waals surface area contributed by atoms with Crippen LogP contribution in [0.4, 0.5) is 0 Å². The number of carbonyl (C=O) groups is 2. The minimum absolute atomic E-state index is 0.522. The Morgan fingerprint density at radius 3 is 0.583 bits per heavy atom. The Labute approximate surface area is 300 Å². The lowest BCUT2D eigenvalue weighted by Crippen LogP contribution is -2.53. The summed E-state index contributed by atoms with van der Waals surface area (Å²) in [7, 11) is 0. The first-order chi connectivity index (χ1) is 23.4. The van der Waals surface area contributed by atoms with Crippen LogP contribution in [0.3, 0.4) is 0 Å². The first-order valence-electron chi connectivity index (χ1n) is 21.8. The smallest absolute Gasteiger partial charge is 0.310 e. The van der Waals surface area contributed by atoms with E-state index in [2.05, 4.69) is 27.7 Å². The molecule has 0 rings (SSSR count). The summed E-state index contributed by atoms with van der Waals surface area (Å²) in [5.74, 6) is -1.65. The molecule has 0 aromatic heterocycles. The van der Waals surface area contributed by atoms with Gasteiger partial charge in [0.25, 0.3) is 0 Å². The van der Waals surface area contributed by atoms with Crippen molar-refractivity contribution < 1.29 is 19.8 Å². The Balaban J connectivity index is 5.90. The third kappa shape index (κ3) is 21.2. The highest BCUT2D eigenvalue weighted by atomic mass is 16.4. The van der Waals surface area contributed by atoms with E-state index in [4.69, 9.17) is 0 Å². The van der Waals surface area contributed by atoms with E-state index in [9.17, 15) is 19.8 Å². The third-order valence-corrected chi connectivity index (χ3v) is 11.6. The lowest BCUT2D eigenvalue weighted by atomic mass is 9.54. The summed E-state index contributed by atoms with van der Waals surface area (Å²) < 4.78 is 0. The van der Waals surface area contributed by atoms with Gasteiger partial charge in [0.05, 0.1) is 10.8 Å². The van der Waals surface area contributed by atoms with Crippen LogP contribution in [0.15, 0.2) is 0 Å². The van der Waals surface area contributed by atoms with Crippen LogP contribution in [0, 0.1) is 10.8 Å². The van der Waals surface area contributed by atoms with Crippen molar-refractivity contribution in [3.8, 4) is 0 Å². The fourth-order valence-electron chi connectivity index (χ4n) is 8.29. The molecule has 0 unspecified atom stereocenters. The first kappa shape index (κ1) is 46.9. The summed E-state index contributed by atoms with van der Waals surface area (Å²) in [6, 6.07) is 0. The van der Waals surface area contributed by atoms with Gasteiger partial charge in [-0.25, -0.2) is 0 Å². The molecule has 0 spiro atoms. The lowest BCUT2D eigenvalue weighted by Gasteiger charge is -2.46. The van der Waals surface area contributed by atoms with Crippen LogP contribution in [-0.4, -0.2) is 22.2 Å². The van der Waals surface area contributed by atoms with E-state index in [1.54, 1.807) is 0 Å². The van der Waals surface area contributed by atoms with E-state index in [1.807, 2.05) is 0 Å². The van der Waals surface area contributed by atoms with Gasteiger partial charge in [-0.2, -0.15) is 0 Å². The van der Waals surface area contributed by atoms with E-state index in [0.29, 0.717) is 25.7 Å². The van der Waals surface area contributed by atoms with Gasteiger partial charge in [-0.15, -0.1) is 0 Å². The molecule has 4 nitrogen and oxygen atoms in total. The first-order valence-corrected chi connectivity index (χ1v) is 21.8. The van der Waals surface area contributed by atoms with Gasteiger partial charge in [0.1, 0.15) is 0 Å². The minimum Gasteiger partial charge on any atom is -0.481 e. The number of hydrogen-bond donors (Lipinski definition) is 2. The number of aliphatic carboxylic acids is 2. The summed E-state index contributed by atoms with van der Waals surface area (Å²) in [4.78, 5) is 27.3. The molecule has 0 saturated carbocycles. The molecule has 48 heavy (non-hydrogen) atoms. The lowest BCUT2D eigenvalue weighted by molar-refractivity contribution is -0.179. The van der Waals surface area contributed by atoms with Crippen LogP contribution in [0.1, 0.15) is 259 Å². The molecule has 0 aliphatic heterocycles. The average Bonchev–Trinajstić information content (AvgIpc) is 3.07. The third-order valence-electron chi connectivity index (χ3n) is 11.6. The highest BCUT2D eigenvalue weighted by molar-refractivity contribution is 5.86. The molecule has 0 aromatic rings. The zero-order valence-electron chi connectivity index (χ0n) is 33.2. The summed E-state index contributed by atoms with van der Waals surface area (Å²) >= 11 is 0. The van der Waals surface area contributed by atoms with Crippen LogP contribution in [0.5, 0.6) is 0 Å². The molecular weight excluding hydrogens is 592 g/mol. The molecule has 0 radical (unpaired) electrons. The molecule has 0 bridgehead atoms. The SMILES string of the molecule is CCCCCCCCCCC(CCCCCCCCCC)(C(=O)O)C(CCCCCCCCCC)(CCCCCCCCCC)C(=O)O. The maximum atomic E-state index is 13.7. The van der Waals surface area contributed by atoms with Gasteiger partial charge in [0, 0.05) is 0 Å². The second-order valence-corrected chi connectivity index (χ2v) is 15.7. The monoisotopic (exact) mass is 679 g/mol. The highest BCUT2D eigenvalue weighted by Crippen LogP contribution is 2.54. The summed E-state index contributed by atoms with van der Waals surface area (Å²) in [5, 5.41) is 22.4. The van der Waals surface area contributed by atoms with Crippen LogP contribution in [0.2, 0.25) is 0 Å². The number of rotatable bonds is 39. The maximum Gasteiger partial charge on any atom is 0.310 e. The predicted molar refractivity (Wildman–Crippen MR) is 209 cm³/mol. The molecule has 0 saturated heterocycles. The zero-order chi connectivity index (χ0) is 35.6. The second-order valence-electron chi connectivity index (χ2n) is 15.7. The normalized spacial score (nSPS) is 12.2. The maximum absolute atomic E-state index is 13.7. The molecule has 0 atom stereocenters. The topological polar surface area (TPSA) is 74.6 Å². The van der Waals surface area contributed by atoms with E-state index in [1.165, 1.54) is 128 Å². The minimum atomic E-state index is -1.18. The van der Waals surface area contributed by atoms with Gasteiger partial charge in [-0.3, -0.25) is 9.59 Å². The number of carboxylic acid groups (broad SMARTS) is 2. The van der Waals surface area contributed by atoms with Gasteiger partial charge in [0.15, 0.2) is 0 Å². The Hall–Kier alpha value is -1.06. The van der Waals surface area contributed by atoms with E-state index in [-0.39, 0.29) is 0 Å². The fourth-order valence-corrected chi connectivity index (χ4v) is 8.29. The van der Waals surface area contributed by atoms with Crippen LogP contribution >= 0.6 is 0 Å². The van der Waals surface area contributed by atoms with Crippen molar-refractivity contribution in [2.75, 3.05) is 0 Å². The standard InChI is InChI=1S/C44H86O4/c1-5-9-13-17-21-25-29-33-37-43(41(45)46,38-34-30-26-22-18-14-10-6-2)44(42(47)48,39-35-31-27-23-19-15-11-7-3)40-36-32-28-24-20-16-12-8-4/h5-40H2,1-4H3,(H,45,46)(H,47,48). The van der Waals surface area contributed by atoms with Crippen molar-refractivity contribution in [3.63, 3.8) is 0 Å². The molecule has 0 aliphatic carbocycles. The van der Waals surface area contributed by atoms with Crippen molar-refractivity contribution >= 4 is 11.9 Å². The predicted octanol–water partition coefficient (Wildman–Crippen LogP) is 15.3. The number of unbranched alkanes of at least 4 members (excludes halogenated alkanes) is 28. The van der Waals surface area contributed by atoms with E-state index < -0.39 is 22.8 Å². The van der Waals surface area contributed by atoms with Gasteiger partial charge in [-0.1, -0.05) is 233 Å². The van der Waals surface area contributed by atoms with Crippen LogP contribution < -0.4 is 0 Å². The molecule has 0 aromatic carbocycles. The van der Waals surface area contributed by atoms with Crippen molar-refractivity contribution in [1.82, 2.24) is 0 Å². The van der Waals surface area contributed by atoms with Crippen LogP contribution in [-0.2, 0) is 9.59 Å². The van der Waals surface area contributed by atoms with Crippen LogP contribution in [0.25, 0.3) is 0 Å².